The molecule has 1 unspecified atom stereocenters. The second kappa shape index (κ2) is 5.84. The first-order valence-corrected chi connectivity index (χ1v) is 7.10. The van der Waals surface area contributed by atoms with Gasteiger partial charge in [0.15, 0.2) is 11.5 Å². The van der Waals surface area contributed by atoms with Crippen LogP contribution in [0.2, 0.25) is 5.02 Å². The molecule has 1 atom stereocenters. The second-order valence-electron chi connectivity index (χ2n) is 4.95. The average molecular weight is 306 g/mol. The van der Waals surface area contributed by atoms with Crippen LogP contribution in [-0.4, -0.2) is 11.9 Å². The van der Waals surface area contributed by atoms with E-state index < -0.39 is 0 Å². The zero-order chi connectivity index (χ0) is 14.8. The number of rotatable bonds is 4. The minimum absolute atomic E-state index is 0.0331. The summed E-state index contributed by atoms with van der Waals surface area (Å²) in [5, 5.41) is 13.2. The number of aliphatic hydroxyl groups is 1. The first kappa shape index (κ1) is 14.0. The summed E-state index contributed by atoms with van der Waals surface area (Å²) in [4.78, 5) is 0. The molecule has 5 heteroatoms. The van der Waals surface area contributed by atoms with E-state index in [0.29, 0.717) is 16.5 Å². The lowest BCUT2D eigenvalue weighted by Gasteiger charge is -2.18. The lowest BCUT2D eigenvalue weighted by Crippen LogP contribution is -2.07. The zero-order valence-electron chi connectivity index (χ0n) is 11.6. The third-order valence-corrected chi connectivity index (χ3v) is 3.78. The summed E-state index contributed by atoms with van der Waals surface area (Å²) < 4.78 is 10.7. The van der Waals surface area contributed by atoms with Crippen LogP contribution in [0.25, 0.3) is 0 Å². The predicted octanol–water partition coefficient (Wildman–Crippen LogP) is 3.73. The monoisotopic (exact) mass is 305 g/mol. The van der Waals surface area contributed by atoms with Gasteiger partial charge in [-0.25, -0.2) is 0 Å². The van der Waals surface area contributed by atoms with Crippen LogP contribution in [0.5, 0.6) is 11.5 Å². The van der Waals surface area contributed by atoms with E-state index in [2.05, 4.69) is 5.32 Å². The van der Waals surface area contributed by atoms with E-state index >= 15 is 0 Å². The highest BCUT2D eigenvalue weighted by Crippen LogP contribution is 2.40. The minimum Gasteiger partial charge on any atom is -0.454 e. The van der Waals surface area contributed by atoms with E-state index in [4.69, 9.17) is 21.1 Å². The third kappa shape index (κ3) is 2.91. The van der Waals surface area contributed by atoms with Gasteiger partial charge in [0.1, 0.15) is 0 Å². The van der Waals surface area contributed by atoms with E-state index in [1.165, 1.54) is 0 Å². The van der Waals surface area contributed by atoms with Crippen molar-refractivity contribution >= 4 is 17.3 Å². The number of anilines is 1. The summed E-state index contributed by atoms with van der Waals surface area (Å²) in [5.41, 5.74) is 2.76. The smallest absolute Gasteiger partial charge is 0.231 e. The van der Waals surface area contributed by atoms with Gasteiger partial charge >= 0.3 is 0 Å². The lowest BCUT2D eigenvalue weighted by molar-refractivity contribution is 0.174. The summed E-state index contributed by atoms with van der Waals surface area (Å²) in [7, 11) is 0. The molecule has 1 heterocycles. The Morgan fingerprint density at radius 3 is 2.76 bits per heavy atom. The van der Waals surface area contributed by atoms with Crippen LogP contribution in [0.4, 0.5) is 5.69 Å². The van der Waals surface area contributed by atoms with E-state index in [-0.39, 0.29) is 19.4 Å². The molecule has 2 aromatic rings. The molecule has 21 heavy (non-hydrogen) atoms. The summed E-state index contributed by atoms with van der Waals surface area (Å²) in [6.45, 7) is 2.30. The second-order valence-corrected chi connectivity index (χ2v) is 5.36. The van der Waals surface area contributed by atoms with Crippen LogP contribution in [0.3, 0.4) is 0 Å². The van der Waals surface area contributed by atoms with Crippen LogP contribution >= 0.6 is 11.6 Å². The Bertz CT molecular complexity index is 660. The van der Waals surface area contributed by atoms with Gasteiger partial charge in [-0.05, 0) is 18.1 Å². The highest BCUT2D eigenvalue weighted by molar-refractivity contribution is 6.33. The summed E-state index contributed by atoms with van der Waals surface area (Å²) in [6, 6.07) is 11.5. The van der Waals surface area contributed by atoms with Crippen LogP contribution < -0.4 is 14.8 Å². The van der Waals surface area contributed by atoms with Gasteiger partial charge in [0, 0.05) is 18.2 Å². The van der Waals surface area contributed by atoms with Gasteiger partial charge in [-0.1, -0.05) is 35.9 Å². The number of benzene rings is 2. The van der Waals surface area contributed by atoms with E-state index in [0.717, 1.165) is 16.8 Å². The van der Waals surface area contributed by atoms with Crippen molar-refractivity contribution in [1.29, 1.82) is 0 Å². The normalized spacial score (nSPS) is 14.0. The molecular weight excluding hydrogens is 290 g/mol. The van der Waals surface area contributed by atoms with Gasteiger partial charge in [0.25, 0.3) is 0 Å². The van der Waals surface area contributed by atoms with Crippen LogP contribution in [0, 0.1) is 0 Å². The Labute approximate surface area is 128 Å². The van der Waals surface area contributed by atoms with Gasteiger partial charge in [-0.15, -0.1) is 0 Å². The SMILES string of the molecule is CC(Nc1cc2c(cc1Cl)OCO2)c1cccc(CO)c1. The summed E-state index contributed by atoms with van der Waals surface area (Å²) in [6.07, 6.45) is 0. The largest absolute Gasteiger partial charge is 0.454 e. The average Bonchev–Trinajstić information content (AvgIpc) is 2.94. The molecule has 0 radical (unpaired) electrons. The fourth-order valence-electron chi connectivity index (χ4n) is 2.31. The van der Waals surface area contributed by atoms with Crippen molar-refractivity contribution in [3.05, 3.63) is 52.5 Å². The molecule has 0 saturated heterocycles. The maximum Gasteiger partial charge on any atom is 0.231 e. The Hall–Kier alpha value is -1.91. The molecule has 2 N–H and O–H groups in total. The van der Waals surface area contributed by atoms with Gasteiger partial charge in [0.2, 0.25) is 6.79 Å². The van der Waals surface area contributed by atoms with Gasteiger partial charge in [-0.2, -0.15) is 0 Å². The molecule has 0 fully saturated rings. The molecule has 1 aliphatic heterocycles. The molecular formula is C16H16ClNO3. The molecule has 2 aromatic carbocycles. The Morgan fingerprint density at radius 2 is 2.00 bits per heavy atom. The molecule has 1 aliphatic rings. The maximum absolute atomic E-state index is 9.21. The highest BCUT2D eigenvalue weighted by Gasteiger charge is 2.17. The summed E-state index contributed by atoms with van der Waals surface area (Å²) in [5.74, 6) is 1.36. The van der Waals surface area contributed by atoms with Crippen molar-refractivity contribution in [2.24, 2.45) is 0 Å². The number of nitrogens with one attached hydrogen (secondary N) is 1. The van der Waals surface area contributed by atoms with Crippen LogP contribution in [-0.2, 0) is 6.61 Å². The molecule has 0 saturated carbocycles. The number of hydrogen-bond acceptors (Lipinski definition) is 4. The minimum atomic E-state index is 0.0331. The van der Waals surface area contributed by atoms with Gasteiger partial charge in [0.05, 0.1) is 17.3 Å². The van der Waals surface area contributed by atoms with Crippen molar-refractivity contribution in [1.82, 2.24) is 0 Å². The first-order valence-electron chi connectivity index (χ1n) is 6.73. The van der Waals surface area contributed by atoms with Gasteiger partial charge in [-0.3, -0.25) is 0 Å². The van der Waals surface area contributed by atoms with Crippen molar-refractivity contribution in [2.45, 2.75) is 19.6 Å². The number of hydrogen-bond donors (Lipinski definition) is 2. The fourth-order valence-corrected chi connectivity index (χ4v) is 2.51. The number of halogens is 1. The number of fused-ring (bicyclic) bond motifs is 1. The Balaban J connectivity index is 1.82. The topological polar surface area (TPSA) is 50.7 Å². The molecule has 0 amide bonds. The molecule has 0 aliphatic carbocycles. The van der Waals surface area contributed by atoms with Gasteiger partial charge < -0.3 is 19.9 Å². The zero-order valence-corrected chi connectivity index (χ0v) is 12.4. The molecule has 0 aromatic heterocycles. The number of ether oxygens (including phenoxy) is 2. The Morgan fingerprint density at radius 1 is 1.24 bits per heavy atom. The first-order chi connectivity index (χ1) is 10.2. The quantitative estimate of drug-likeness (QED) is 0.903. The maximum atomic E-state index is 9.21. The highest BCUT2D eigenvalue weighted by atomic mass is 35.5. The lowest BCUT2D eigenvalue weighted by atomic mass is 10.1. The molecule has 110 valence electrons. The van der Waals surface area contributed by atoms with E-state index in [9.17, 15) is 5.11 Å². The third-order valence-electron chi connectivity index (χ3n) is 3.47. The molecule has 4 nitrogen and oxygen atoms in total. The standard InChI is InChI=1S/C16H16ClNO3/c1-10(12-4-2-3-11(5-12)8-19)18-14-7-16-15(6-13(14)17)20-9-21-16/h2-7,10,18-19H,8-9H2,1H3. The van der Waals surface area contributed by atoms with Crippen LogP contribution in [0.1, 0.15) is 24.1 Å². The molecule has 3 rings (SSSR count). The molecule has 0 spiro atoms. The van der Waals surface area contributed by atoms with Crippen molar-refractivity contribution < 1.29 is 14.6 Å². The van der Waals surface area contributed by atoms with Crippen molar-refractivity contribution in [3.63, 3.8) is 0 Å². The van der Waals surface area contributed by atoms with Crippen molar-refractivity contribution in [2.75, 3.05) is 12.1 Å². The van der Waals surface area contributed by atoms with E-state index in [1.807, 2.05) is 37.3 Å². The van der Waals surface area contributed by atoms with Crippen molar-refractivity contribution in [3.8, 4) is 11.5 Å². The molecule has 0 bridgehead atoms. The predicted molar refractivity (Wildman–Crippen MR) is 82.0 cm³/mol. The van der Waals surface area contributed by atoms with Crippen LogP contribution in [0.15, 0.2) is 36.4 Å². The fraction of sp³-hybridized carbons (Fsp3) is 0.250. The number of aliphatic hydroxyl groups excluding tert-OH is 1. The Kier molecular flexibility index (Phi) is 3.90. The summed E-state index contributed by atoms with van der Waals surface area (Å²) >= 11 is 6.26. The van der Waals surface area contributed by atoms with E-state index in [1.54, 1.807) is 6.07 Å².